The van der Waals surface area contributed by atoms with E-state index < -0.39 is 10.1 Å². The van der Waals surface area contributed by atoms with E-state index in [2.05, 4.69) is 13.8 Å². The molecule has 1 aromatic rings. The molecule has 0 aliphatic rings. The van der Waals surface area contributed by atoms with E-state index in [1.54, 1.807) is 12.1 Å². The molecule has 0 spiro atoms. The van der Waals surface area contributed by atoms with Gasteiger partial charge in [-0.2, -0.15) is 0 Å². The van der Waals surface area contributed by atoms with Crippen molar-refractivity contribution < 1.29 is 42.5 Å². The molecule has 1 rings (SSSR count). The van der Waals surface area contributed by atoms with Crippen molar-refractivity contribution in [2.75, 3.05) is 0 Å². The summed E-state index contributed by atoms with van der Waals surface area (Å²) in [6.07, 6.45) is 8.78. The van der Waals surface area contributed by atoms with E-state index in [4.69, 9.17) is 0 Å². The molecule has 0 N–H and O–H groups in total. The molecule has 0 fully saturated rings. The van der Waals surface area contributed by atoms with Crippen molar-refractivity contribution in [1.29, 1.82) is 0 Å². The standard InChI is InChI=1S/C16H26O3S.Na/c1-3-4-5-6-7-8-9-14(2)15-10-12-16(13-11-15)20(17,18)19;/h10-14H,3-9H2,1-2H3,(H,17,18,19);/q;+1/p-1. The minimum atomic E-state index is -4.33. The molecule has 0 aliphatic heterocycles. The van der Waals surface area contributed by atoms with E-state index in [0.717, 1.165) is 12.0 Å². The Morgan fingerprint density at radius 1 is 1.00 bits per heavy atom. The zero-order valence-corrected chi connectivity index (χ0v) is 16.3. The van der Waals surface area contributed by atoms with E-state index in [1.807, 2.05) is 0 Å². The summed E-state index contributed by atoms with van der Waals surface area (Å²) >= 11 is 0. The molecule has 1 aromatic carbocycles. The van der Waals surface area contributed by atoms with Crippen LogP contribution >= 0.6 is 0 Å². The van der Waals surface area contributed by atoms with E-state index in [1.165, 1.54) is 50.7 Å². The average Bonchev–Trinajstić information content (AvgIpc) is 2.41. The zero-order valence-electron chi connectivity index (χ0n) is 13.5. The SMILES string of the molecule is CCCCCCCCC(C)c1ccc(S(=O)(=O)[O-])cc1.[Na+]. The second kappa shape index (κ2) is 10.8. The maximum atomic E-state index is 10.9. The first-order valence-corrected chi connectivity index (χ1v) is 8.92. The van der Waals surface area contributed by atoms with E-state index in [-0.39, 0.29) is 34.5 Å². The molecule has 0 bridgehead atoms. The minimum Gasteiger partial charge on any atom is -0.744 e. The van der Waals surface area contributed by atoms with Crippen LogP contribution in [0.3, 0.4) is 0 Å². The van der Waals surface area contributed by atoms with Crippen molar-refractivity contribution in [3.8, 4) is 0 Å². The molecule has 21 heavy (non-hydrogen) atoms. The smallest absolute Gasteiger partial charge is 0.744 e. The van der Waals surface area contributed by atoms with Crippen LogP contribution in [0.5, 0.6) is 0 Å². The number of rotatable bonds is 9. The van der Waals surface area contributed by atoms with Gasteiger partial charge >= 0.3 is 29.6 Å². The fourth-order valence-corrected chi connectivity index (χ4v) is 2.83. The molecule has 0 saturated carbocycles. The van der Waals surface area contributed by atoms with Gasteiger partial charge in [0.2, 0.25) is 0 Å². The molecule has 0 amide bonds. The van der Waals surface area contributed by atoms with Crippen molar-refractivity contribution in [1.82, 2.24) is 0 Å². The summed E-state index contributed by atoms with van der Waals surface area (Å²) in [4.78, 5) is -0.145. The van der Waals surface area contributed by atoms with Crippen LogP contribution in [0.2, 0.25) is 0 Å². The first-order chi connectivity index (χ1) is 9.45. The normalized spacial score (nSPS) is 12.7. The van der Waals surface area contributed by atoms with Gasteiger partial charge in [0, 0.05) is 0 Å². The number of hydrogen-bond donors (Lipinski definition) is 0. The summed E-state index contributed by atoms with van der Waals surface area (Å²) in [5, 5.41) is 0. The van der Waals surface area contributed by atoms with Crippen LogP contribution in [0.1, 0.15) is 70.3 Å². The molecule has 1 unspecified atom stereocenters. The largest absolute Gasteiger partial charge is 1.00 e. The summed E-state index contributed by atoms with van der Waals surface area (Å²) in [6, 6.07) is 6.34. The van der Waals surface area contributed by atoms with Crippen molar-refractivity contribution in [3.63, 3.8) is 0 Å². The van der Waals surface area contributed by atoms with Crippen LogP contribution in [-0.2, 0) is 10.1 Å². The predicted octanol–water partition coefficient (Wildman–Crippen LogP) is 1.45. The second-order valence-corrected chi connectivity index (χ2v) is 6.86. The third-order valence-electron chi connectivity index (χ3n) is 3.73. The Morgan fingerprint density at radius 2 is 1.52 bits per heavy atom. The Hall–Kier alpha value is 0.130. The van der Waals surface area contributed by atoms with Crippen LogP contribution in [0.4, 0.5) is 0 Å². The number of unbranched alkanes of at least 4 members (excludes halogenated alkanes) is 5. The van der Waals surface area contributed by atoms with Gasteiger partial charge in [0.15, 0.2) is 0 Å². The Balaban J connectivity index is 0.00000400. The Morgan fingerprint density at radius 3 is 2.05 bits per heavy atom. The molecule has 114 valence electrons. The monoisotopic (exact) mass is 320 g/mol. The summed E-state index contributed by atoms with van der Waals surface area (Å²) in [5.74, 6) is 0.407. The van der Waals surface area contributed by atoms with Gasteiger partial charge in [-0.05, 0) is 30.0 Å². The Labute approximate surface area is 151 Å². The summed E-state index contributed by atoms with van der Waals surface area (Å²) in [7, 11) is -4.33. The molecule has 0 radical (unpaired) electrons. The zero-order chi connectivity index (χ0) is 15.0. The van der Waals surface area contributed by atoms with Crippen molar-refractivity contribution >= 4 is 10.1 Å². The first-order valence-electron chi connectivity index (χ1n) is 7.51. The van der Waals surface area contributed by atoms with Crippen molar-refractivity contribution in [2.24, 2.45) is 0 Å². The van der Waals surface area contributed by atoms with Crippen molar-refractivity contribution in [2.45, 2.75) is 69.6 Å². The van der Waals surface area contributed by atoms with E-state index in [0.29, 0.717) is 5.92 Å². The molecule has 0 aliphatic carbocycles. The molecular formula is C16H25NaO3S. The molecule has 0 saturated heterocycles. The van der Waals surface area contributed by atoms with Gasteiger partial charge in [0.1, 0.15) is 10.1 Å². The Kier molecular flexibility index (Phi) is 10.9. The van der Waals surface area contributed by atoms with Crippen LogP contribution < -0.4 is 29.6 Å². The van der Waals surface area contributed by atoms with Gasteiger partial charge in [-0.1, -0.05) is 64.5 Å². The van der Waals surface area contributed by atoms with Gasteiger partial charge < -0.3 is 4.55 Å². The van der Waals surface area contributed by atoms with Crippen LogP contribution in [0, 0.1) is 0 Å². The van der Waals surface area contributed by atoms with Gasteiger partial charge in [0.25, 0.3) is 0 Å². The molecule has 3 nitrogen and oxygen atoms in total. The topological polar surface area (TPSA) is 57.2 Å². The maximum Gasteiger partial charge on any atom is 1.00 e. The number of hydrogen-bond acceptors (Lipinski definition) is 3. The third kappa shape index (κ3) is 8.36. The van der Waals surface area contributed by atoms with Crippen molar-refractivity contribution in [3.05, 3.63) is 29.8 Å². The minimum absolute atomic E-state index is 0. The van der Waals surface area contributed by atoms with Gasteiger partial charge in [-0.3, -0.25) is 0 Å². The van der Waals surface area contributed by atoms with E-state index >= 15 is 0 Å². The number of benzene rings is 1. The quantitative estimate of drug-likeness (QED) is 0.393. The van der Waals surface area contributed by atoms with Crippen LogP contribution in [0.25, 0.3) is 0 Å². The molecule has 5 heteroatoms. The van der Waals surface area contributed by atoms with E-state index in [9.17, 15) is 13.0 Å². The third-order valence-corrected chi connectivity index (χ3v) is 4.58. The van der Waals surface area contributed by atoms with Crippen LogP contribution in [0.15, 0.2) is 29.2 Å². The molecular weight excluding hydrogens is 295 g/mol. The summed E-state index contributed by atoms with van der Waals surface area (Å²) < 4.78 is 32.6. The maximum absolute atomic E-state index is 10.9. The molecule has 0 heterocycles. The summed E-state index contributed by atoms with van der Waals surface area (Å²) in [5.41, 5.74) is 1.10. The van der Waals surface area contributed by atoms with Crippen LogP contribution in [-0.4, -0.2) is 13.0 Å². The second-order valence-electron chi connectivity index (χ2n) is 5.48. The Bertz CT molecular complexity index is 483. The van der Waals surface area contributed by atoms with Gasteiger partial charge in [-0.25, -0.2) is 8.42 Å². The van der Waals surface area contributed by atoms with Gasteiger partial charge in [-0.15, -0.1) is 0 Å². The summed E-state index contributed by atoms with van der Waals surface area (Å²) in [6.45, 7) is 4.36. The molecule has 1 atom stereocenters. The van der Waals surface area contributed by atoms with Gasteiger partial charge in [0.05, 0.1) is 4.90 Å². The predicted molar refractivity (Wildman–Crippen MR) is 80.8 cm³/mol. The average molecular weight is 320 g/mol. The fraction of sp³-hybridized carbons (Fsp3) is 0.625. The fourth-order valence-electron chi connectivity index (χ4n) is 2.36. The first kappa shape index (κ1) is 21.1. The molecule has 0 aromatic heterocycles.